The fourth-order valence-electron chi connectivity index (χ4n) is 4.23. The van der Waals surface area contributed by atoms with Gasteiger partial charge in [-0.15, -0.1) is 0 Å². The Morgan fingerprint density at radius 2 is 1.97 bits per heavy atom. The Labute approximate surface area is 195 Å². The third-order valence-electron chi connectivity index (χ3n) is 5.50. The van der Waals surface area contributed by atoms with E-state index in [9.17, 15) is 14.7 Å². The minimum atomic E-state index is -0.983. The largest absolute Gasteiger partial charge is 0.496 e. The number of nitrogens with one attached hydrogen (secondary N) is 1. The van der Waals surface area contributed by atoms with Crippen LogP contribution in [0, 0.1) is 5.92 Å². The number of hydrogen-bond acceptors (Lipinski definition) is 5. The van der Waals surface area contributed by atoms with Crippen LogP contribution < -0.4 is 10.1 Å². The zero-order chi connectivity index (χ0) is 24.3. The second kappa shape index (κ2) is 9.85. The molecular weight excluding hydrogens is 422 g/mol. The van der Waals surface area contributed by atoms with Crippen LogP contribution in [0.4, 0.5) is 4.79 Å². The molecule has 0 radical (unpaired) electrons. The van der Waals surface area contributed by atoms with Crippen molar-refractivity contribution in [3.8, 4) is 17.0 Å². The number of benzene rings is 1. The van der Waals surface area contributed by atoms with Crippen LogP contribution in [0.15, 0.2) is 12.1 Å². The number of rotatable bonds is 8. The van der Waals surface area contributed by atoms with Crippen LogP contribution in [0.1, 0.15) is 68.2 Å². The second-order valence-corrected chi connectivity index (χ2v) is 9.91. The Morgan fingerprint density at radius 1 is 1.24 bits per heavy atom. The maximum atomic E-state index is 12.1. The summed E-state index contributed by atoms with van der Waals surface area (Å²) in [5.74, 6) is 0.352. The lowest BCUT2D eigenvalue weighted by Crippen LogP contribution is -2.33. The summed E-state index contributed by atoms with van der Waals surface area (Å²) in [7, 11) is 1.68. The van der Waals surface area contributed by atoms with Gasteiger partial charge in [0.05, 0.1) is 12.8 Å². The lowest BCUT2D eigenvalue weighted by molar-refractivity contribution is 0.0524. The van der Waals surface area contributed by atoms with Crippen molar-refractivity contribution in [3.63, 3.8) is 0 Å². The molecule has 2 aromatic rings. The highest BCUT2D eigenvalue weighted by molar-refractivity contribution is 5.91. The van der Waals surface area contributed by atoms with Crippen molar-refractivity contribution in [2.45, 2.75) is 72.4 Å². The first kappa shape index (κ1) is 24.6. The lowest BCUT2D eigenvalue weighted by atomic mass is 9.86. The molecule has 8 nitrogen and oxygen atoms in total. The predicted molar refractivity (Wildman–Crippen MR) is 126 cm³/mol. The van der Waals surface area contributed by atoms with Gasteiger partial charge in [0.25, 0.3) is 0 Å². The van der Waals surface area contributed by atoms with Crippen LogP contribution in [0.25, 0.3) is 11.3 Å². The SMILES string of the molecule is COc1cc2c(cc1CC(C)C)-c1nn(CCCNC(=O)OC(C)(C)C)c(C(=O)O)c1CC2. The van der Waals surface area contributed by atoms with E-state index in [4.69, 9.17) is 14.6 Å². The number of aromatic carboxylic acids is 1. The van der Waals surface area contributed by atoms with Gasteiger partial charge in [-0.25, -0.2) is 9.59 Å². The molecule has 1 amide bonds. The number of ether oxygens (including phenoxy) is 2. The minimum Gasteiger partial charge on any atom is -0.496 e. The number of aryl methyl sites for hydroxylation is 2. The molecule has 0 bridgehead atoms. The quantitative estimate of drug-likeness (QED) is 0.567. The molecule has 0 aliphatic heterocycles. The van der Waals surface area contributed by atoms with Crippen molar-refractivity contribution >= 4 is 12.1 Å². The van der Waals surface area contributed by atoms with Crippen molar-refractivity contribution in [1.82, 2.24) is 15.1 Å². The average Bonchev–Trinajstić information content (AvgIpc) is 3.08. The number of fused-ring (bicyclic) bond motifs is 3. The summed E-state index contributed by atoms with van der Waals surface area (Å²) >= 11 is 0. The average molecular weight is 458 g/mol. The summed E-state index contributed by atoms with van der Waals surface area (Å²) in [4.78, 5) is 23.9. The number of carbonyl (C=O) groups excluding carboxylic acids is 1. The molecule has 180 valence electrons. The first-order chi connectivity index (χ1) is 15.5. The normalized spacial score (nSPS) is 12.8. The third-order valence-corrected chi connectivity index (χ3v) is 5.50. The van der Waals surface area contributed by atoms with E-state index in [2.05, 4.69) is 31.3 Å². The second-order valence-electron chi connectivity index (χ2n) is 9.91. The fourth-order valence-corrected chi connectivity index (χ4v) is 4.23. The first-order valence-corrected chi connectivity index (χ1v) is 11.5. The van der Waals surface area contributed by atoms with Crippen LogP contribution in [-0.4, -0.2) is 46.2 Å². The first-order valence-electron chi connectivity index (χ1n) is 11.5. The number of nitrogens with zero attached hydrogens (tertiary/aromatic N) is 2. The minimum absolute atomic E-state index is 0.231. The highest BCUT2D eigenvalue weighted by Gasteiger charge is 2.29. The van der Waals surface area contributed by atoms with Crippen molar-refractivity contribution in [1.29, 1.82) is 0 Å². The number of carboxylic acids is 1. The maximum absolute atomic E-state index is 12.1. The molecule has 1 heterocycles. The van der Waals surface area contributed by atoms with Crippen LogP contribution in [0.2, 0.25) is 0 Å². The van der Waals surface area contributed by atoms with Gasteiger partial charge >= 0.3 is 12.1 Å². The highest BCUT2D eigenvalue weighted by atomic mass is 16.6. The molecule has 2 N–H and O–H groups in total. The molecule has 1 aliphatic rings. The zero-order valence-corrected chi connectivity index (χ0v) is 20.4. The van der Waals surface area contributed by atoms with Gasteiger partial charge in [0.2, 0.25) is 0 Å². The monoisotopic (exact) mass is 457 g/mol. The highest BCUT2D eigenvalue weighted by Crippen LogP contribution is 2.39. The third kappa shape index (κ3) is 5.86. The molecule has 0 unspecified atom stereocenters. The van der Waals surface area contributed by atoms with E-state index in [0.717, 1.165) is 46.5 Å². The van der Waals surface area contributed by atoms with Crippen LogP contribution >= 0.6 is 0 Å². The van der Waals surface area contributed by atoms with E-state index < -0.39 is 17.7 Å². The molecule has 3 rings (SSSR count). The van der Waals surface area contributed by atoms with E-state index in [-0.39, 0.29) is 5.69 Å². The molecule has 0 spiro atoms. The molecule has 1 aromatic carbocycles. The predicted octanol–water partition coefficient (Wildman–Crippen LogP) is 4.47. The van der Waals surface area contributed by atoms with Gasteiger partial charge in [-0.1, -0.05) is 13.8 Å². The summed E-state index contributed by atoms with van der Waals surface area (Å²) in [6.07, 6.45) is 2.28. The van der Waals surface area contributed by atoms with Gasteiger partial charge in [0.15, 0.2) is 0 Å². The van der Waals surface area contributed by atoms with Crippen LogP contribution in [-0.2, 0) is 30.5 Å². The topological polar surface area (TPSA) is 103 Å². The summed E-state index contributed by atoms with van der Waals surface area (Å²) < 4.78 is 12.4. The Morgan fingerprint density at radius 3 is 2.58 bits per heavy atom. The molecule has 0 fully saturated rings. The van der Waals surface area contributed by atoms with Gasteiger partial charge in [-0.2, -0.15) is 5.10 Å². The number of methoxy groups -OCH3 is 1. The van der Waals surface area contributed by atoms with Gasteiger partial charge < -0.3 is 19.9 Å². The fraction of sp³-hybridized carbons (Fsp3) is 0.560. The van der Waals surface area contributed by atoms with Crippen LogP contribution in [0.5, 0.6) is 5.75 Å². The molecule has 1 aliphatic carbocycles. The standard InChI is InChI=1S/C25H35N3O5/c1-15(2)12-17-13-19-16(14-20(17)32-6)8-9-18-21(19)27-28(22(18)23(29)30)11-7-10-26-24(31)33-25(3,4)5/h13-15H,7-12H2,1-6H3,(H,26,31)(H,29,30). The Bertz CT molecular complexity index is 1030. The number of carboxylic acid groups (broad SMARTS) is 1. The van der Waals surface area contributed by atoms with Crippen LogP contribution in [0.3, 0.4) is 0 Å². The van der Waals surface area contributed by atoms with Crippen molar-refractivity contribution in [3.05, 3.63) is 34.5 Å². The summed E-state index contributed by atoms with van der Waals surface area (Å²) in [6, 6.07) is 4.18. The van der Waals surface area contributed by atoms with Gasteiger partial charge in [0, 0.05) is 24.2 Å². The van der Waals surface area contributed by atoms with Crippen molar-refractivity contribution < 1.29 is 24.2 Å². The Hall–Kier alpha value is -3.03. The molecular formula is C25H35N3O5. The van der Waals surface area contributed by atoms with E-state index in [0.29, 0.717) is 31.8 Å². The Balaban J connectivity index is 1.84. The maximum Gasteiger partial charge on any atom is 0.407 e. The number of amides is 1. The number of aromatic nitrogens is 2. The molecule has 0 saturated carbocycles. The van der Waals surface area contributed by atoms with Gasteiger partial charge in [-0.3, -0.25) is 4.68 Å². The molecule has 0 atom stereocenters. The van der Waals surface area contributed by atoms with E-state index >= 15 is 0 Å². The van der Waals surface area contributed by atoms with Crippen molar-refractivity contribution in [2.75, 3.05) is 13.7 Å². The van der Waals surface area contributed by atoms with Gasteiger partial charge in [-0.05, 0) is 75.6 Å². The number of hydrogen-bond donors (Lipinski definition) is 2. The summed E-state index contributed by atoms with van der Waals surface area (Å²) in [5.41, 5.74) is 4.39. The molecule has 33 heavy (non-hydrogen) atoms. The zero-order valence-electron chi connectivity index (χ0n) is 20.4. The smallest absolute Gasteiger partial charge is 0.407 e. The molecule has 1 aromatic heterocycles. The van der Waals surface area contributed by atoms with E-state index in [1.807, 2.05) is 0 Å². The molecule has 0 saturated heterocycles. The summed E-state index contributed by atoms with van der Waals surface area (Å²) in [5, 5.41) is 17.3. The van der Waals surface area contributed by atoms with E-state index in [1.54, 1.807) is 32.6 Å². The molecule has 8 heteroatoms. The number of alkyl carbamates (subject to hydrolysis) is 1. The lowest BCUT2D eigenvalue weighted by Gasteiger charge is -2.20. The van der Waals surface area contributed by atoms with Gasteiger partial charge in [0.1, 0.15) is 17.0 Å². The van der Waals surface area contributed by atoms with E-state index in [1.165, 1.54) is 0 Å². The van der Waals surface area contributed by atoms with Crippen molar-refractivity contribution in [2.24, 2.45) is 5.92 Å². The Kier molecular flexibility index (Phi) is 7.34. The summed E-state index contributed by atoms with van der Waals surface area (Å²) in [6.45, 7) is 10.5. The number of carbonyl (C=O) groups is 2.